The molecule has 0 aliphatic carbocycles. The summed E-state index contributed by atoms with van der Waals surface area (Å²) < 4.78 is 34.5. The molecule has 1 aromatic heterocycles. The van der Waals surface area contributed by atoms with Crippen LogP contribution >= 0.6 is 15.9 Å². The van der Waals surface area contributed by atoms with Crippen molar-refractivity contribution in [1.29, 1.82) is 0 Å². The van der Waals surface area contributed by atoms with E-state index in [1.54, 1.807) is 23.7 Å². The van der Waals surface area contributed by atoms with Crippen molar-refractivity contribution >= 4 is 37.5 Å². The molecule has 0 bridgehead atoms. The van der Waals surface area contributed by atoms with Crippen molar-refractivity contribution < 1.29 is 17.9 Å². The van der Waals surface area contributed by atoms with Crippen LogP contribution in [0.5, 0.6) is 0 Å². The fraction of sp³-hybridized carbons (Fsp3) is 0.444. The van der Waals surface area contributed by atoms with Gasteiger partial charge in [0.1, 0.15) is 6.04 Å². The van der Waals surface area contributed by atoms with E-state index in [0.29, 0.717) is 32.0 Å². The lowest BCUT2D eigenvalue weighted by Gasteiger charge is -2.26. The van der Waals surface area contributed by atoms with Crippen molar-refractivity contribution in [2.75, 3.05) is 31.6 Å². The van der Waals surface area contributed by atoms with E-state index in [0.717, 1.165) is 15.9 Å². The van der Waals surface area contributed by atoms with Crippen molar-refractivity contribution in [3.8, 4) is 0 Å². The van der Waals surface area contributed by atoms with Crippen LogP contribution in [0.15, 0.2) is 33.6 Å². The first-order valence-electron chi connectivity index (χ1n) is 8.92. The van der Waals surface area contributed by atoms with Crippen molar-refractivity contribution in [3.63, 3.8) is 0 Å². The van der Waals surface area contributed by atoms with Gasteiger partial charge in [-0.3, -0.25) is 9.48 Å². The molecule has 2 aromatic rings. The van der Waals surface area contributed by atoms with Gasteiger partial charge in [-0.05, 0) is 61.0 Å². The lowest BCUT2D eigenvalue weighted by molar-refractivity contribution is -0.119. The predicted molar refractivity (Wildman–Crippen MR) is 109 cm³/mol. The summed E-state index contributed by atoms with van der Waals surface area (Å²) in [6, 6.07) is 5.68. The van der Waals surface area contributed by atoms with Crippen molar-refractivity contribution in [3.05, 3.63) is 40.1 Å². The molecule has 1 unspecified atom stereocenters. The normalized spacial score (nSPS) is 16.7. The molecule has 0 spiro atoms. The first-order chi connectivity index (χ1) is 13.2. The van der Waals surface area contributed by atoms with Crippen LogP contribution in [0.3, 0.4) is 0 Å². The highest BCUT2D eigenvalue weighted by Gasteiger charge is 2.26. The maximum atomic E-state index is 12.7. The number of nitrogens with zero attached hydrogens (tertiary/aromatic N) is 3. The van der Waals surface area contributed by atoms with Crippen LogP contribution in [0.4, 0.5) is 5.69 Å². The molecule has 8 nitrogen and oxygen atoms in total. The van der Waals surface area contributed by atoms with Gasteiger partial charge < -0.3 is 10.1 Å². The van der Waals surface area contributed by atoms with Gasteiger partial charge in [-0.2, -0.15) is 9.40 Å². The number of rotatable bonds is 5. The summed E-state index contributed by atoms with van der Waals surface area (Å²) in [4.78, 5) is 12.8. The van der Waals surface area contributed by atoms with Crippen LogP contribution in [0.2, 0.25) is 0 Å². The number of aromatic nitrogens is 2. The Morgan fingerprint density at radius 3 is 2.36 bits per heavy atom. The molecule has 28 heavy (non-hydrogen) atoms. The van der Waals surface area contributed by atoms with E-state index in [1.165, 1.54) is 16.4 Å². The summed E-state index contributed by atoms with van der Waals surface area (Å²) >= 11 is 3.46. The van der Waals surface area contributed by atoms with E-state index in [4.69, 9.17) is 4.74 Å². The zero-order valence-corrected chi connectivity index (χ0v) is 18.4. The molecule has 1 aromatic carbocycles. The lowest BCUT2D eigenvalue weighted by Crippen LogP contribution is -2.40. The Hall–Kier alpha value is -1.75. The molecule has 152 valence electrons. The van der Waals surface area contributed by atoms with Crippen LogP contribution < -0.4 is 5.32 Å². The monoisotopic (exact) mass is 470 g/mol. The molecule has 1 N–H and O–H groups in total. The van der Waals surface area contributed by atoms with E-state index < -0.39 is 16.1 Å². The minimum absolute atomic E-state index is 0.197. The number of nitrogens with one attached hydrogen (secondary N) is 1. The Balaban J connectivity index is 1.71. The third kappa shape index (κ3) is 4.14. The topological polar surface area (TPSA) is 93.5 Å². The summed E-state index contributed by atoms with van der Waals surface area (Å²) in [5.41, 5.74) is 2.21. The van der Waals surface area contributed by atoms with E-state index >= 15 is 0 Å². The smallest absolute Gasteiger partial charge is 0.248 e. The van der Waals surface area contributed by atoms with E-state index in [1.807, 2.05) is 13.8 Å². The van der Waals surface area contributed by atoms with Crippen LogP contribution in [0.1, 0.15) is 24.4 Å². The second kappa shape index (κ2) is 8.32. The Kier molecular flexibility index (Phi) is 6.23. The Morgan fingerprint density at radius 2 is 1.82 bits per heavy atom. The van der Waals surface area contributed by atoms with E-state index in [2.05, 4.69) is 26.3 Å². The first kappa shape index (κ1) is 21.0. The molecule has 1 aliphatic rings. The number of benzene rings is 1. The van der Waals surface area contributed by atoms with E-state index in [-0.39, 0.29) is 10.8 Å². The SMILES string of the molecule is Cc1nn(C(C)C(=O)Nc2ccc(S(=O)(=O)N3CCOCC3)cc2)c(C)c1Br. The second-order valence-corrected chi connectivity index (χ2v) is 9.37. The van der Waals surface area contributed by atoms with Crippen molar-refractivity contribution in [1.82, 2.24) is 14.1 Å². The van der Waals surface area contributed by atoms with Gasteiger partial charge >= 0.3 is 0 Å². The Morgan fingerprint density at radius 1 is 1.21 bits per heavy atom. The third-order valence-electron chi connectivity index (χ3n) is 4.71. The van der Waals surface area contributed by atoms with Gasteiger partial charge in [0.05, 0.1) is 34.0 Å². The van der Waals surface area contributed by atoms with Gasteiger partial charge in [-0.1, -0.05) is 0 Å². The van der Waals surface area contributed by atoms with Gasteiger partial charge in [0.15, 0.2) is 0 Å². The molecular formula is C18H23BrN4O4S. The standard InChI is InChI=1S/C18H23BrN4O4S/c1-12-17(19)13(2)23(21-12)14(3)18(24)20-15-4-6-16(7-5-15)28(25,26)22-8-10-27-11-9-22/h4-7,14H,8-11H2,1-3H3,(H,20,24). The minimum Gasteiger partial charge on any atom is -0.379 e. The van der Waals surface area contributed by atoms with Crippen LogP contribution in [-0.4, -0.2) is 54.7 Å². The number of aryl methyl sites for hydroxylation is 1. The highest BCUT2D eigenvalue weighted by atomic mass is 79.9. The molecule has 1 amide bonds. The quantitative estimate of drug-likeness (QED) is 0.724. The maximum Gasteiger partial charge on any atom is 0.248 e. The van der Waals surface area contributed by atoms with Gasteiger partial charge in [-0.15, -0.1) is 0 Å². The van der Waals surface area contributed by atoms with Gasteiger partial charge in [0.25, 0.3) is 0 Å². The molecule has 1 fully saturated rings. The summed E-state index contributed by atoms with van der Waals surface area (Å²) in [7, 11) is -3.55. The molecule has 1 atom stereocenters. The number of morpholine rings is 1. The number of hydrogen-bond acceptors (Lipinski definition) is 5. The molecular weight excluding hydrogens is 448 g/mol. The molecule has 3 rings (SSSR count). The van der Waals surface area contributed by atoms with Crippen molar-refractivity contribution in [2.45, 2.75) is 31.7 Å². The average Bonchev–Trinajstić information content (AvgIpc) is 2.95. The molecule has 0 saturated carbocycles. The maximum absolute atomic E-state index is 12.7. The molecule has 10 heteroatoms. The largest absolute Gasteiger partial charge is 0.379 e. The van der Waals surface area contributed by atoms with Crippen LogP contribution in [0, 0.1) is 13.8 Å². The van der Waals surface area contributed by atoms with Crippen LogP contribution in [0.25, 0.3) is 0 Å². The predicted octanol–water partition coefficient (Wildman–Crippen LogP) is 2.48. The van der Waals surface area contributed by atoms with Crippen LogP contribution in [-0.2, 0) is 19.6 Å². The Bertz CT molecular complexity index is 966. The summed E-state index contributed by atoms with van der Waals surface area (Å²) in [5, 5.41) is 7.20. The zero-order chi connectivity index (χ0) is 20.5. The van der Waals surface area contributed by atoms with Gasteiger partial charge in [-0.25, -0.2) is 8.42 Å². The number of anilines is 1. The lowest BCUT2D eigenvalue weighted by atomic mass is 10.2. The number of amides is 1. The number of ether oxygens (including phenoxy) is 1. The fourth-order valence-corrected chi connectivity index (χ4v) is 4.69. The Labute approximate surface area is 173 Å². The first-order valence-corrected chi connectivity index (χ1v) is 11.1. The summed E-state index contributed by atoms with van der Waals surface area (Å²) in [5.74, 6) is -0.234. The van der Waals surface area contributed by atoms with E-state index in [9.17, 15) is 13.2 Å². The molecule has 1 saturated heterocycles. The average molecular weight is 471 g/mol. The van der Waals surface area contributed by atoms with Gasteiger partial charge in [0.2, 0.25) is 15.9 Å². The highest BCUT2D eigenvalue weighted by Crippen LogP contribution is 2.24. The fourth-order valence-electron chi connectivity index (χ4n) is 3.02. The minimum atomic E-state index is -3.55. The number of halogens is 1. The van der Waals surface area contributed by atoms with Gasteiger partial charge in [0, 0.05) is 18.8 Å². The molecule has 2 heterocycles. The number of carbonyl (C=O) groups excluding carboxylic acids is 1. The molecule has 0 radical (unpaired) electrons. The number of carbonyl (C=O) groups is 1. The highest BCUT2D eigenvalue weighted by molar-refractivity contribution is 9.10. The molecule has 1 aliphatic heterocycles. The second-order valence-electron chi connectivity index (χ2n) is 6.64. The summed E-state index contributed by atoms with van der Waals surface area (Å²) in [6.45, 7) is 7.00. The van der Waals surface area contributed by atoms with Crippen molar-refractivity contribution in [2.24, 2.45) is 0 Å². The third-order valence-corrected chi connectivity index (χ3v) is 7.77. The summed E-state index contributed by atoms with van der Waals surface area (Å²) in [6.07, 6.45) is 0. The number of hydrogen-bond donors (Lipinski definition) is 1. The number of sulfonamides is 1. The zero-order valence-electron chi connectivity index (χ0n) is 16.0.